The average molecular weight is 338 g/mol. The number of carbonyl (C=O) groups is 1. The molecule has 0 bridgehead atoms. The predicted molar refractivity (Wildman–Crippen MR) is 101 cm³/mol. The fourth-order valence-corrected chi connectivity index (χ4v) is 3.09. The van der Waals surface area contributed by atoms with Crippen molar-refractivity contribution in [3.8, 4) is 22.4 Å². The molecule has 2 nitrogen and oxygen atoms in total. The van der Waals surface area contributed by atoms with E-state index in [-0.39, 0.29) is 5.78 Å². The zero-order valence-corrected chi connectivity index (χ0v) is 14.9. The number of aromatic nitrogens is 1. The van der Waals surface area contributed by atoms with Crippen molar-refractivity contribution < 1.29 is 4.79 Å². The Morgan fingerprint density at radius 1 is 0.958 bits per heavy atom. The van der Waals surface area contributed by atoms with E-state index >= 15 is 0 Å². The summed E-state index contributed by atoms with van der Waals surface area (Å²) in [5, 5.41) is 0.701. The minimum absolute atomic E-state index is 0.119. The molecule has 3 heteroatoms. The fraction of sp³-hybridized carbons (Fsp3) is 0.190. The number of benzene rings is 2. The topological polar surface area (TPSA) is 32.9 Å². The maximum atomic E-state index is 12.5. The lowest BCUT2D eigenvalue weighted by Gasteiger charge is -2.05. The lowest BCUT2D eigenvalue weighted by atomic mass is 9.96. The fourth-order valence-electron chi connectivity index (χ4n) is 2.97. The van der Waals surface area contributed by atoms with Gasteiger partial charge in [0, 0.05) is 22.7 Å². The van der Waals surface area contributed by atoms with E-state index in [0.29, 0.717) is 17.1 Å². The molecule has 0 radical (unpaired) electrons. The quantitative estimate of drug-likeness (QED) is 0.564. The van der Waals surface area contributed by atoms with E-state index in [1.54, 1.807) is 0 Å². The third-order valence-electron chi connectivity index (χ3n) is 4.32. The van der Waals surface area contributed by atoms with Crippen LogP contribution in [0.3, 0.4) is 0 Å². The normalized spacial score (nSPS) is 10.8. The van der Waals surface area contributed by atoms with E-state index < -0.39 is 0 Å². The van der Waals surface area contributed by atoms with Gasteiger partial charge in [0.1, 0.15) is 0 Å². The van der Waals surface area contributed by atoms with Crippen molar-refractivity contribution in [1.82, 2.24) is 4.98 Å². The minimum atomic E-state index is 0.119. The van der Waals surface area contributed by atoms with Crippen molar-refractivity contribution in [2.24, 2.45) is 0 Å². The molecule has 0 aliphatic rings. The molecule has 0 fully saturated rings. The lowest BCUT2D eigenvalue weighted by molar-refractivity contribution is 0.0984. The highest BCUT2D eigenvalue weighted by Gasteiger charge is 2.20. The maximum Gasteiger partial charge on any atom is 0.179 e. The predicted octanol–water partition coefficient (Wildman–Crippen LogP) is 6.21. The van der Waals surface area contributed by atoms with Crippen LogP contribution in [0.4, 0.5) is 0 Å². The summed E-state index contributed by atoms with van der Waals surface area (Å²) < 4.78 is 0. The van der Waals surface area contributed by atoms with E-state index in [4.69, 9.17) is 11.6 Å². The molecule has 1 heterocycles. The van der Waals surface area contributed by atoms with Gasteiger partial charge in [-0.05, 0) is 42.7 Å². The highest BCUT2D eigenvalue weighted by molar-refractivity contribution is 6.30. The Morgan fingerprint density at radius 2 is 1.54 bits per heavy atom. The van der Waals surface area contributed by atoms with Crippen LogP contribution >= 0.6 is 11.6 Å². The number of hydrogen-bond acceptors (Lipinski definition) is 1. The standard InChI is InChI=1S/C21H20ClNO/c1-4-18(24)21-19(15-7-5-13(2)6-8-15)14(3)20(23-21)16-9-11-17(22)12-10-16/h5-12,23H,4H2,1-3H3. The molecule has 1 aromatic heterocycles. The van der Waals surface area contributed by atoms with Crippen molar-refractivity contribution >= 4 is 17.4 Å². The van der Waals surface area contributed by atoms with Gasteiger partial charge >= 0.3 is 0 Å². The van der Waals surface area contributed by atoms with E-state index in [9.17, 15) is 4.79 Å². The van der Waals surface area contributed by atoms with Crippen LogP contribution in [0.2, 0.25) is 5.02 Å². The van der Waals surface area contributed by atoms with Gasteiger partial charge in [-0.3, -0.25) is 4.79 Å². The molecule has 0 saturated carbocycles. The van der Waals surface area contributed by atoms with Gasteiger partial charge < -0.3 is 4.98 Å². The first-order chi connectivity index (χ1) is 11.5. The molecule has 3 rings (SSSR count). The zero-order valence-electron chi connectivity index (χ0n) is 14.1. The molecule has 24 heavy (non-hydrogen) atoms. The molecule has 0 saturated heterocycles. The monoisotopic (exact) mass is 337 g/mol. The van der Waals surface area contributed by atoms with E-state index in [1.165, 1.54) is 5.56 Å². The highest BCUT2D eigenvalue weighted by atomic mass is 35.5. The van der Waals surface area contributed by atoms with Crippen LogP contribution in [0.1, 0.15) is 35.0 Å². The minimum Gasteiger partial charge on any atom is -0.351 e. The Hall–Kier alpha value is -2.32. The summed E-state index contributed by atoms with van der Waals surface area (Å²) in [5.41, 5.74) is 7.02. The molecule has 0 atom stereocenters. The smallest absolute Gasteiger partial charge is 0.179 e. The Labute approximate surface area is 147 Å². The van der Waals surface area contributed by atoms with Crippen molar-refractivity contribution in [2.45, 2.75) is 27.2 Å². The summed E-state index contributed by atoms with van der Waals surface area (Å²) in [5.74, 6) is 0.119. The van der Waals surface area contributed by atoms with E-state index in [0.717, 1.165) is 27.9 Å². The number of nitrogens with one attached hydrogen (secondary N) is 1. The van der Waals surface area contributed by atoms with Crippen LogP contribution in [0.15, 0.2) is 48.5 Å². The Bertz CT molecular complexity index is 873. The van der Waals surface area contributed by atoms with Crippen LogP contribution in [0.25, 0.3) is 22.4 Å². The highest BCUT2D eigenvalue weighted by Crippen LogP contribution is 2.36. The number of aromatic amines is 1. The van der Waals surface area contributed by atoms with Gasteiger partial charge in [0.25, 0.3) is 0 Å². The molecule has 1 N–H and O–H groups in total. The lowest BCUT2D eigenvalue weighted by Crippen LogP contribution is -1.99. The second-order valence-corrected chi connectivity index (χ2v) is 6.46. The molecule has 0 aliphatic heterocycles. The molecule has 2 aromatic carbocycles. The van der Waals surface area contributed by atoms with E-state index in [2.05, 4.69) is 43.1 Å². The molecule has 0 unspecified atom stereocenters. The summed E-state index contributed by atoms with van der Waals surface area (Å²) in [6.45, 7) is 6.01. The number of aryl methyl sites for hydroxylation is 1. The molecule has 0 aliphatic carbocycles. The second-order valence-electron chi connectivity index (χ2n) is 6.02. The third kappa shape index (κ3) is 3.02. The summed E-state index contributed by atoms with van der Waals surface area (Å²) in [6.07, 6.45) is 0.471. The Balaban J connectivity index is 2.21. The maximum absolute atomic E-state index is 12.5. The molecular weight excluding hydrogens is 318 g/mol. The molecule has 3 aromatic rings. The Morgan fingerprint density at radius 3 is 2.12 bits per heavy atom. The first kappa shape index (κ1) is 16.5. The summed E-state index contributed by atoms with van der Waals surface area (Å²) >= 11 is 5.99. The number of halogens is 1. The van der Waals surface area contributed by atoms with Gasteiger partial charge in [-0.1, -0.05) is 60.5 Å². The molecule has 0 spiro atoms. The van der Waals surface area contributed by atoms with Gasteiger partial charge in [0.2, 0.25) is 0 Å². The van der Waals surface area contributed by atoms with Gasteiger partial charge in [0.15, 0.2) is 5.78 Å². The number of Topliss-reactive ketones (excluding diaryl/α,β-unsaturated/α-hetero) is 1. The molecule has 0 amide bonds. The number of ketones is 1. The van der Waals surface area contributed by atoms with Crippen LogP contribution < -0.4 is 0 Å². The number of carbonyl (C=O) groups excluding carboxylic acids is 1. The SMILES string of the molecule is CCC(=O)c1[nH]c(-c2ccc(Cl)cc2)c(C)c1-c1ccc(C)cc1. The number of H-pyrrole nitrogens is 1. The Kier molecular flexibility index (Phi) is 4.59. The first-order valence-electron chi connectivity index (χ1n) is 8.10. The van der Waals surface area contributed by atoms with Crippen molar-refractivity contribution in [3.05, 3.63) is 70.4 Å². The molecule has 122 valence electrons. The average Bonchev–Trinajstić information content (AvgIpc) is 2.93. The van der Waals surface area contributed by atoms with Crippen molar-refractivity contribution in [3.63, 3.8) is 0 Å². The third-order valence-corrected chi connectivity index (χ3v) is 4.58. The number of rotatable bonds is 4. The summed E-state index contributed by atoms with van der Waals surface area (Å²) in [7, 11) is 0. The van der Waals surface area contributed by atoms with Crippen molar-refractivity contribution in [1.29, 1.82) is 0 Å². The largest absolute Gasteiger partial charge is 0.351 e. The first-order valence-corrected chi connectivity index (χ1v) is 8.47. The van der Waals surface area contributed by atoms with Gasteiger partial charge in [-0.25, -0.2) is 0 Å². The van der Waals surface area contributed by atoms with Crippen LogP contribution in [-0.4, -0.2) is 10.8 Å². The second kappa shape index (κ2) is 6.66. The van der Waals surface area contributed by atoms with Crippen LogP contribution in [0.5, 0.6) is 0 Å². The van der Waals surface area contributed by atoms with Crippen molar-refractivity contribution in [2.75, 3.05) is 0 Å². The summed E-state index contributed by atoms with van der Waals surface area (Å²) in [6, 6.07) is 16.0. The molecular formula is C21H20ClNO. The summed E-state index contributed by atoms with van der Waals surface area (Å²) in [4.78, 5) is 15.8. The van der Waals surface area contributed by atoms with Crippen LogP contribution in [-0.2, 0) is 0 Å². The van der Waals surface area contributed by atoms with Crippen LogP contribution in [0, 0.1) is 13.8 Å². The number of hydrogen-bond donors (Lipinski definition) is 1. The van der Waals surface area contributed by atoms with Gasteiger partial charge in [-0.2, -0.15) is 0 Å². The zero-order chi connectivity index (χ0) is 17.3. The van der Waals surface area contributed by atoms with Gasteiger partial charge in [0.05, 0.1) is 5.69 Å². The van der Waals surface area contributed by atoms with Gasteiger partial charge in [-0.15, -0.1) is 0 Å². The van der Waals surface area contributed by atoms with E-state index in [1.807, 2.05) is 31.2 Å².